The zero-order chi connectivity index (χ0) is 17.6. The minimum Gasteiger partial charge on any atom is -0.337 e. The second kappa shape index (κ2) is 6.15. The van der Waals surface area contributed by atoms with Crippen molar-refractivity contribution in [2.45, 2.75) is 32.6 Å². The van der Waals surface area contributed by atoms with E-state index in [2.05, 4.69) is 10.1 Å². The zero-order valence-electron chi connectivity index (χ0n) is 14.3. The first kappa shape index (κ1) is 16.1. The molecule has 4 heterocycles. The fourth-order valence-corrected chi connectivity index (χ4v) is 4.11. The Kier molecular flexibility index (Phi) is 3.95. The third-order valence-corrected chi connectivity index (χ3v) is 5.84. The van der Waals surface area contributed by atoms with Crippen LogP contribution in [0.4, 0.5) is 0 Å². The lowest BCUT2D eigenvalue weighted by molar-refractivity contribution is 0.0710. The number of aryl methyl sites for hydroxylation is 1. The van der Waals surface area contributed by atoms with Crippen LogP contribution >= 0.6 is 11.3 Å². The van der Waals surface area contributed by atoms with E-state index in [9.17, 15) is 9.59 Å². The molecule has 1 aliphatic rings. The van der Waals surface area contributed by atoms with Gasteiger partial charge in [0, 0.05) is 42.0 Å². The van der Waals surface area contributed by atoms with Crippen molar-refractivity contribution in [3.05, 3.63) is 55.8 Å². The van der Waals surface area contributed by atoms with Gasteiger partial charge >= 0.3 is 0 Å². The van der Waals surface area contributed by atoms with Gasteiger partial charge in [-0.15, -0.1) is 11.3 Å². The Balaban J connectivity index is 1.63. The normalized spacial score (nSPS) is 18.0. The summed E-state index contributed by atoms with van der Waals surface area (Å²) in [6.45, 7) is 5.09. The Morgan fingerprint density at radius 3 is 3.00 bits per heavy atom. The third-order valence-electron chi connectivity index (χ3n) is 4.98. The summed E-state index contributed by atoms with van der Waals surface area (Å²) < 4.78 is 1.51. The molecule has 3 aromatic rings. The number of thiophene rings is 1. The van der Waals surface area contributed by atoms with E-state index >= 15 is 0 Å². The van der Waals surface area contributed by atoms with E-state index in [1.807, 2.05) is 35.4 Å². The van der Waals surface area contributed by atoms with Gasteiger partial charge in [0.15, 0.2) is 5.65 Å². The van der Waals surface area contributed by atoms with E-state index in [-0.39, 0.29) is 17.4 Å². The van der Waals surface area contributed by atoms with E-state index < -0.39 is 0 Å². The number of hydrogen-bond donors (Lipinski definition) is 1. The van der Waals surface area contributed by atoms with Crippen molar-refractivity contribution in [2.75, 3.05) is 13.1 Å². The number of piperidine rings is 1. The first-order valence-corrected chi connectivity index (χ1v) is 9.34. The molecule has 1 unspecified atom stereocenters. The first-order chi connectivity index (χ1) is 12.0. The molecule has 3 aromatic heterocycles. The molecule has 0 radical (unpaired) electrons. The smallest absolute Gasteiger partial charge is 0.275 e. The Morgan fingerprint density at radius 1 is 1.40 bits per heavy atom. The number of carbonyl (C=O) groups excluding carboxylic acids is 1. The lowest BCUT2D eigenvalue weighted by Gasteiger charge is -2.32. The topological polar surface area (TPSA) is 70.5 Å². The highest BCUT2D eigenvalue weighted by Crippen LogP contribution is 2.28. The van der Waals surface area contributed by atoms with Gasteiger partial charge in [0.25, 0.3) is 11.5 Å². The molecule has 1 N–H and O–H groups in total. The number of hydrogen-bond acceptors (Lipinski definition) is 4. The highest BCUT2D eigenvalue weighted by Gasteiger charge is 2.27. The SMILES string of the molecule is Cc1nc2cc(C3CCCN(C(=O)c4cccs4)C3)[nH]n2c(=O)c1C. The average Bonchev–Trinajstić information content (AvgIpc) is 3.29. The van der Waals surface area contributed by atoms with Gasteiger partial charge in [-0.05, 0) is 38.1 Å². The van der Waals surface area contributed by atoms with Crippen LogP contribution in [0.2, 0.25) is 0 Å². The Morgan fingerprint density at radius 2 is 2.24 bits per heavy atom. The van der Waals surface area contributed by atoms with Crippen LogP contribution in [0, 0.1) is 13.8 Å². The predicted molar refractivity (Wildman–Crippen MR) is 97.5 cm³/mol. The molecule has 1 aliphatic heterocycles. The Bertz CT molecular complexity index is 987. The molecule has 4 rings (SSSR count). The van der Waals surface area contributed by atoms with Crippen molar-refractivity contribution >= 4 is 22.9 Å². The maximum Gasteiger partial charge on any atom is 0.275 e. The molecule has 25 heavy (non-hydrogen) atoms. The van der Waals surface area contributed by atoms with Crippen LogP contribution in [-0.2, 0) is 0 Å². The maximum atomic E-state index is 12.6. The van der Waals surface area contributed by atoms with Crippen LogP contribution in [0.5, 0.6) is 0 Å². The monoisotopic (exact) mass is 356 g/mol. The molecule has 0 aliphatic carbocycles. The van der Waals surface area contributed by atoms with E-state index in [0.717, 1.165) is 35.7 Å². The molecular weight excluding hydrogens is 336 g/mol. The van der Waals surface area contributed by atoms with Crippen molar-refractivity contribution in [1.29, 1.82) is 0 Å². The molecule has 1 fully saturated rings. The number of carbonyl (C=O) groups is 1. The minimum absolute atomic E-state index is 0.0592. The van der Waals surface area contributed by atoms with Crippen LogP contribution in [0.25, 0.3) is 5.65 Å². The lowest BCUT2D eigenvalue weighted by atomic mass is 9.95. The first-order valence-electron chi connectivity index (χ1n) is 8.46. The average molecular weight is 356 g/mol. The van der Waals surface area contributed by atoms with Crippen LogP contribution in [0.1, 0.15) is 45.4 Å². The molecule has 0 aromatic carbocycles. The largest absolute Gasteiger partial charge is 0.337 e. The van der Waals surface area contributed by atoms with Gasteiger partial charge in [0.2, 0.25) is 0 Å². The summed E-state index contributed by atoms with van der Waals surface area (Å²) in [5.41, 5.74) is 2.97. The van der Waals surface area contributed by atoms with Crippen LogP contribution < -0.4 is 5.56 Å². The highest BCUT2D eigenvalue weighted by molar-refractivity contribution is 7.12. The van der Waals surface area contributed by atoms with E-state index in [4.69, 9.17) is 0 Å². The summed E-state index contributed by atoms with van der Waals surface area (Å²) in [7, 11) is 0. The van der Waals surface area contributed by atoms with Crippen LogP contribution in [0.15, 0.2) is 28.4 Å². The van der Waals surface area contributed by atoms with E-state index in [0.29, 0.717) is 17.8 Å². The van der Waals surface area contributed by atoms with Gasteiger partial charge in [0.05, 0.1) is 4.88 Å². The number of nitrogens with one attached hydrogen (secondary N) is 1. The molecule has 1 atom stereocenters. The standard InChI is InChI=1S/C18H20N4O2S/c1-11-12(2)19-16-9-14(20-22(16)17(11)23)13-5-3-7-21(10-13)18(24)15-6-4-8-25-15/h4,6,8-9,13,20H,3,5,7,10H2,1-2H3. The second-order valence-corrected chi connectivity index (χ2v) is 7.55. The van der Waals surface area contributed by atoms with Crippen molar-refractivity contribution in [1.82, 2.24) is 19.5 Å². The molecule has 1 amide bonds. The molecule has 6 nitrogen and oxygen atoms in total. The summed E-state index contributed by atoms with van der Waals surface area (Å²) in [4.78, 5) is 32.2. The summed E-state index contributed by atoms with van der Waals surface area (Å²) in [6.07, 6.45) is 1.95. The molecule has 0 spiro atoms. The number of rotatable bonds is 2. The number of likely N-dealkylation sites (tertiary alicyclic amines) is 1. The summed E-state index contributed by atoms with van der Waals surface area (Å²) in [5.74, 6) is 0.289. The van der Waals surface area contributed by atoms with Crippen molar-refractivity contribution < 1.29 is 4.79 Å². The summed E-state index contributed by atoms with van der Waals surface area (Å²) >= 11 is 1.48. The molecule has 130 valence electrons. The van der Waals surface area contributed by atoms with Gasteiger partial charge < -0.3 is 4.90 Å². The quantitative estimate of drug-likeness (QED) is 0.767. The van der Waals surface area contributed by atoms with E-state index in [1.165, 1.54) is 15.9 Å². The second-order valence-electron chi connectivity index (χ2n) is 6.60. The number of aromatic amines is 1. The number of amides is 1. The van der Waals surface area contributed by atoms with Gasteiger partial charge in [-0.1, -0.05) is 6.07 Å². The van der Waals surface area contributed by atoms with Gasteiger partial charge in [-0.2, -0.15) is 0 Å². The van der Waals surface area contributed by atoms with Crippen molar-refractivity contribution in [3.63, 3.8) is 0 Å². The van der Waals surface area contributed by atoms with Gasteiger partial charge in [-0.25, -0.2) is 9.50 Å². The zero-order valence-corrected chi connectivity index (χ0v) is 15.1. The number of nitrogens with zero attached hydrogens (tertiary/aromatic N) is 3. The van der Waals surface area contributed by atoms with Gasteiger partial charge in [-0.3, -0.25) is 14.7 Å². The lowest BCUT2D eigenvalue weighted by Crippen LogP contribution is -2.38. The van der Waals surface area contributed by atoms with Crippen LogP contribution in [0.3, 0.4) is 0 Å². The molecule has 0 saturated carbocycles. The van der Waals surface area contributed by atoms with Gasteiger partial charge in [0.1, 0.15) is 0 Å². The Labute approximate surface area is 149 Å². The van der Waals surface area contributed by atoms with Crippen LogP contribution in [-0.4, -0.2) is 38.5 Å². The fourth-order valence-electron chi connectivity index (χ4n) is 3.42. The molecule has 1 saturated heterocycles. The highest BCUT2D eigenvalue weighted by atomic mass is 32.1. The Hall–Kier alpha value is -2.41. The number of H-pyrrole nitrogens is 1. The summed E-state index contributed by atoms with van der Waals surface area (Å²) in [6, 6.07) is 5.71. The molecule has 7 heteroatoms. The predicted octanol–water partition coefficient (Wildman–Crippen LogP) is 2.72. The molecular formula is C18H20N4O2S. The minimum atomic E-state index is -0.0592. The van der Waals surface area contributed by atoms with Crippen molar-refractivity contribution in [3.8, 4) is 0 Å². The summed E-state index contributed by atoms with van der Waals surface area (Å²) in [5, 5.41) is 5.13. The molecule has 0 bridgehead atoms. The maximum absolute atomic E-state index is 12.6. The van der Waals surface area contributed by atoms with E-state index in [1.54, 1.807) is 6.92 Å². The number of aromatic nitrogens is 3. The third kappa shape index (κ3) is 2.78. The fraction of sp³-hybridized carbons (Fsp3) is 0.389. The van der Waals surface area contributed by atoms with Crippen molar-refractivity contribution in [2.24, 2.45) is 0 Å². The number of fused-ring (bicyclic) bond motifs is 1.